The van der Waals surface area contributed by atoms with Crippen molar-refractivity contribution in [2.75, 3.05) is 0 Å². The average molecular weight is 371 g/mol. The Balaban J connectivity index is 1.78. The van der Waals surface area contributed by atoms with E-state index in [1.807, 2.05) is 61.7 Å². The van der Waals surface area contributed by atoms with E-state index in [-0.39, 0.29) is 0 Å². The smallest absolute Gasteiger partial charge is 0.148 e. The van der Waals surface area contributed by atoms with Gasteiger partial charge >= 0.3 is 0 Å². The lowest BCUT2D eigenvalue weighted by molar-refractivity contribution is 0.106. The number of hydrogen-bond acceptors (Lipinski definition) is 3. The first-order valence-electron chi connectivity index (χ1n) is 9.34. The van der Waals surface area contributed by atoms with Gasteiger partial charge in [-0.1, -0.05) is 85.5 Å². The van der Waals surface area contributed by atoms with E-state index in [9.17, 15) is 0 Å². The summed E-state index contributed by atoms with van der Waals surface area (Å²) in [6, 6.07) is 20.3. The summed E-state index contributed by atoms with van der Waals surface area (Å²) >= 11 is 0. The Kier molecular flexibility index (Phi) is 7.16. The molecule has 2 aromatic carbocycles. The summed E-state index contributed by atoms with van der Waals surface area (Å²) in [6.07, 6.45) is 7.53. The molecule has 28 heavy (non-hydrogen) atoms. The number of pyridine rings is 1. The fourth-order valence-corrected chi connectivity index (χ4v) is 2.87. The second-order valence-corrected chi connectivity index (χ2v) is 6.46. The number of ether oxygens (including phenoxy) is 2. The Hall–Kier alpha value is -3.17. The van der Waals surface area contributed by atoms with Gasteiger partial charge in [0.15, 0.2) is 0 Å². The molecule has 3 nitrogen and oxygen atoms in total. The van der Waals surface area contributed by atoms with Gasteiger partial charge in [-0.2, -0.15) is 0 Å². The predicted octanol–water partition coefficient (Wildman–Crippen LogP) is 5.89. The molecule has 3 rings (SSSR count). The zero-order valence-corrected chi connectivity index (χ0v) is 16.2. The minimum atomic E-state index is 0.459. The summed E-state index contributed by atoms with van der Waals surface area (Å²) in [5.41, 5.74) is 5.09. The van der Waals surface area contributed by atoms with Crippen LogP contribution in [0.4, 0.5) is 0 Å². The number of nitrogens with zero attached hydrogens (tertiary/aromatic N) is 1. The van der Waals surface area contributed by atoms with Crippen molar-refractivity contribution in [3.05, 3.63) is 114 Å². The van der Waals surface area contributed by atoms with Gasteiger partial charge in [0.1, 0.15) is 12.4 Å². The number of rotatable bonds is 9. The molecule has 0 aliphatic rings. The van der Waals surface area contributed by atoms with E-state index < -0.39 is 0 Å². The summed E-state index contributed by atoms with van der Waals surface area (Å²) in [5.74, 6) is 0.780. The normalized spacial score (nSPS) is 10.9. The van der Waals surface area contributed by atoms with Crippen molar-refractivity contribution < 1.29 is 9.47 Å². The van der Waals surface area contributed by atoms with Crippen molar-refractivity contribution in [2.24, 2.45) is 0 Å². The molecule has 0 spiro atoms. The first-order valence-corrected chi connectivity index (χ1v) is 9.34. The molecule has 3 heteroatoms. The Morgan fingerprint density at radius 1 is 0.893 bits per heavy atom. The summed E-state index contributed by atoms with van der Waals surface area (Å²) in [5, 5.41) is 0. The number of hydrogen-bond donors (Lipinski definition) is 0. The Morgan fingerprint density at radius 3 is 2.18 bits per heavy atom. The van der Waals surface area contributed by atoms with Gasteiger partial charge in [0.25, 0.3) is 0 Å². The minimum Gasteiger partial charge on any atom is -0.486 e. The van der Waals surface area contributed by atoms with Crippen LogP contribution in [0.25, 0.3) is 6.08 Å². The monoisotopic (exact) mass is 371 g/mol. The van der Waals surface area contributed by atoms with Crippen LogP contribution in [0.2, 0.25) is 0 Å². The van der Waals surface area contributed by atoms with Gasteiger partial charge in [-0.15, -0.1) is 0 Å². The standard InChI is InChI=1S/C25H25NO2/c1-3-4-15-24-23(19-27-17-21-11-7-5-8-12-21)16-26-20(2)25(24)28-18-22-13-9-6-10-14-22/h3-16H,1,17-19H2,2H3/b15-4+. The lowest BCUT2D eigenvalue weighted by Crippen LogP contribution is -2.04. The second-order valence-electron chi connectivity index (χ2n) is 6.46. The van der Waals surface area contributed by atoms with Crippen LogP contribution in [-0.4, -0.2) is 4.98 Å². The lowest BCUT2D eigenvalue weighted by atomic mass is 10.1. The van der Waals surface area contributed by atoms with Crippen LogP contribution in [-0.2, 0) is 24.6 Å². The number of aromatic nitrogens is 1. The molecule has 0 N–H and O–H groups in total. The number of aryl methyl sites for hydroxylation is 1. The summed E-state index contributed by atoms with van der Waals surface area (Å²) in [4.78, 5) is 4.52. The maximum atomic E-state index is 6.15. The van der Waals surface area contributed by atoms with E-state index in [1.165, 1.54) is 0 Å². The first kappa shape index (κ1) is 19.6. The van der Waals surface area contributed by atoms with Crippen molar-refractivity contribution in [1.82, 2.24) is 4.98 Å². The summed E-state index contributed by atoms with van der Waals surface area (Å²) < 4.78 is 12.1. The van der Waals surface area contributed by atoms with E-state index in [0.717, 1.165) is 33.7 Å². The van der Waals surface area contributed by atoms with Crippen LogP contribution >= 0.6 is 0 Å². The number of allylic oxidation sites excluding steroid dienone is 2. The molecule has 0 atom stereocenters. The van der Waals surface area contributed by atoms with Gasteiger partial charge in [0, 0.05) is 17.3 Å². The molecule has 0 aliphatic carbocycles. The molecule has 0 unspecified atom stereocenters. The maximum Gasteiger partial charge on any atom is 0.148 e. The third-order valence-electron chi connectivity index (χ3n) is 4.33. The molecule has 0 fully saturated rings. The minimum absolute atomic E-state index is 0.459. The molecule has 1 heterocycles. The van der Waals surface area contributed by atoms with Crippen LogP contribution in [0.1, 0.15) is 27.9 Å². The van der Waals surface area contributed by atoms with Gasteiger partial charge in [-0.25, -0.2) is 0 Å². The average Bonchev–Trinajstić information content (AvgIpc) is 2.74. The third-order valence-corrected chi connectivity index (χ3v) is 4.33. The van der Waals surface area contributed by atoms with Crippen LogP contribution < -0.4 is 4.74 Å². The molecule has 0 bridgehead atoms. The second kappa shape index (κ2) is 10.2. The van der Waals surface area contributed by atoms with Crippen molar-refractivity contribution in [1.29, 1.82) is 0 Å². The molecular formula is C25H25NO2. The molecule has 0 aliphatic heterocycles. The molecule has 0 radical (unpaired) electrons. The van der Waals surface area contributed by atoms with E-state index >= 15 is 0 Å². The molecule has 0 saturated carbocycles. The molecule has 3 aromatic rings. The highest BCUT2D eigenvalue weighted by molar-refractivity contribution is 5.63. The molecule has 142 valence electrons. The zero-order valence-electron chi connectivity index (χ0n) is 16.2. The topological polar surface area (TPSA) is 31.4 Å². The maximum absolute atomic E-state index is 6.15. The fraction of sp³-hybridized carbons (Fsp3) is 0.160. The lowest BCUT2D eigenvalue weighted by Gasteiger charge is -2.16. The van der Waals surface area contributed by atoms with Gasteiger partial charge in [0.2, 0.25) is 0 Å². The fourth-order valence-electron chi connectivity index (χ4n) is 2.87. The van der Waals surface area contributed by atoms with E-state index in [1.54, 1.807) is 6.08 Å². The van der Waals surface area contributed by atoms with Gasteiger partial charge in [-0.05, 0) is 18.1 Å². The van der Waals surface area contributed by atoms with E-state index in [0.29, 0.717) is 19.8 Å². The van der Waals surface area contributed by atoms with E-state index in [2.05, 4.69) is 35.8 Å². The highest BCUT2D eigenvalue weighted by atomic mass is 16.5. The first-order chi connectivity index (χ1) is 13.8. The quantitative estimate of drug-likeness (QED) is 0.440. The van der Waals surface area contributed by atoms with Crippen LogP contribution in [0.15, 0.2) is 85.6 Å². The van der Waals surface area contributed by atoms with Crippen LogP contribution in [0.5, 0.6) is 5.75 Å². The van der Waals surface area contributed by atoms with Crippen molar-refractivity contribution in [3.63, 3.8) is 0 Å². The highest BCUT2D eigenvalue weighted by Gasteiger charge is 2.12. The van der Waals surface area contributed by atoms with Gasteiger partial charge < -0.3 is 9.47 Å². The van der Waals surface area contributed by atoms with Crippen LogP contribution in [0.3, 0.4) is 0 Å². The molecule has 0 saturated heterocycles. The van der Waals surface area contributed by atoms with E-state index in [4.69, 9.17) is 9.47 Å². The molecule has 0 amide bonds. The zero-order chi connectivity index (χ0) is 19.6. The predicted molar refractivity (Wildman–Crippen MR) is 114 cm³/mol. The molecular weight excluding hydrogens is 346 g/mol. The Labute approximate surface area is 167 Å². The van der Waals surface area contributed by atoms with Crippen molar-refractivity contribution in [2.45, 2.75) is 26.7 Å². The van der Waals surface area contributed by atoms with Gasteiger partial charge in [-0.3, -0.25) is 4.98 Å². The SMILES string of the molecule is C=C/C=C/c1c(COCc2ccccc2)cnc(C)c1OCc1ccccc1. The largest absolute Gasteiger partial charge is 0.486 e. The Bertz CT molecular complexity index is 918. The van der Waals surface area contributed by atoms with Crippen LogP contribution in [0, 0.1) is 6.92 Å². The molecule has 1 aromatic heterocycles. The van der Waals surface area contributed by atoms with Crippen molar-refractivity contribution >= 4 is 6.08 Å². The summed E-state index contributed by atoms with van der Waals surface area (Å²) in [7, 11) is 0. The third kappa shape index (κ3) is 5.41. The number of benzene rings is 2. The highest BCUT2D eigenvalue weighted by Crippen LogP contribution is 2.28. The van der Waals surface area contributed by atoms with Crippen molar-refractivity contribution in [3.8, 4) is 5.75 Å². The Morgan fingerprint density at radius 2 is 1.54 bits per heavy atom. The van der Waals surface area contributed by atoms with Gasteiger partial charge in [0.05, 0.1) is 18.9 Å². The summed E-state index contributed by atoms with van der Waals surface area (Å²) in [6.45, 7) is 7.24.